The van der Waals surface area contributed by atoms with E-state index in [4.69, 9.17) is 4.74 Å². The van der Waals surface area contributed by atoms with Crippen molar-refractivity contribution in [3.63, 3.8) is 0 Å². The van der Waals surface area contributed by atoms with Gasteiger partial charge in [0.05, 0.1) is 22.5 Å². The van der Waals surface area contributed by atoms with Gasteiger partial charge in [0, 0.05) is 13.5 Å². The molecule has 0 aliphatic heterocycles. The van der Waals surface area contributed by atoms with Crippen LogP contribution in [0.4, 0.5) is 5.82 Å². The second kappa shape index (κ2) is 8.50. The number of sulfonamides is 1. The lowest BCUT2D eigenvalue weighted by Gasteiger charge is -2.20. The minimum atomic E-state index is -3.86. The Kier molecular flexibility index (Phi) is 5.77. The molecular formula is C22H25N5O3S. The number of anilines is 1. The zero-order valence-electron chi connectivity index (χ0n) is 17.8. The molecule has 31 heavy (non-hydrogen) atoms. The topological polar surface area (TPSA) is 89.7 Å². The molecular weight excluding hydrogens is 414 g/mol. The van der Waals surface area contributed by atoms with Gasteiger partial charge in [-0.1, -0.05) is 25.5 Å². The number of para-hydroxylation sites is 2. The molecule has 0 atom stereocenters. The van der Waals surface area contributed by atoms with Crippen LogP contribution in [0, 0.1) is 0 Å². The van der Waals surface area contributed by atoms with Gasteiger partial charge in [0.15, 0.2) is 5.82 Å². The predicted octanol–water partition coefficient (Wildman–Crippen LogP) is 3.84. The van der Waals surface area contributed by atoms with Crippen LogP contribution in [0.15, 0.2) is 53.4 Å². The summed E-state index contributed by atoms with van der Waals surface area (Å²) in [5, 5.41) is 8.66. The van der Waals surface area contributed by atoms with Crippen LogP contribution in [0.3, 0.4) is 0 Å². The van der Waals surface area contributed by atoms with Crippen LogP contribution in [-0.2, 0) is 16.4 Å². The number of hydrogen-bond acceptors (Lipinski definition) is 6. The molecule has 0 spiro atoms. The van der Waals surface area contributed by atoms with Gasteiger partial charge >= 0.3 is 0 Å². The summed E-state index contributed by atoms with van der Waals surface area (Å²) in [4.78, 5) is 4.78. The molecule has 0 amide bonds. The van der Waals surface area contributed by atoms with Gasteiger partial charge in [-0.05, 0) is 49.7 Å². The van der Waals surface area contributed by atoms with Crippen LogP contribution in [0.1, 0.15) is 32.5 Å². The zero-order valence-corrected chi connectivity index (χ0v) is 18.6. The fraction of sp³-hybridized carbons (Fsp3) is 0.318. The highest BCUT2D eigenvalue weighted by molar-refractivity contribution is 7.92. The van der Waals surface area contributed by atoms with Gasteiger partial charge in [-0.2, -0.15) is 0 Å². The fourth-order valence-electron chi connectivity index (χ4n) is 3.48. The van der Waals surface area contributed by atoms with E-state index in [9.17, 15) is 8.42 Å². The van der Waals surface area contributed by atoms with E-state index in [1.807, 2.05) is 35.6 Å². The van der Waals surface area contributed by atoms with Crippen molar-refractivity contribution in [1.82, 2.24) is 19.6 Å². The number of nitrogens with zero attached hydrogens (tertiary/aromatic N) is 5. The molecule has 4 rings (SSSR count). The van der Waals surface area contributed by atoms with Gasteiger partial charge in [-0.25, -0.2) is 17.7 Å². The van der Waals surface area contributed by atoms with Crippen LogP contribution in [-0.4, -0.2) is 41.7 Å². The summed E-state index contributed by atoms with van der Waals surface area (Å²) in [5.74, 6) is 1.65. The normalized spacial score (nSPS) is 11.8. The SMILES string of the molecule is CCCCc1nnc2c(N(C)S(=O)(=O)c3ccc(OCC)cc3)nc3ccccc3n12. The van der Waals surface area contributed by atoms with Crippen LogP contribution in [0.25, 0.3) is 16.7 Å². The number of ether oxygens (including phenoxy) is 1. The van der Waals surface area contributed by atoms with E-state index in [0.717, 1.165) is 30.6 Å². The maximum atomic E-state index is 13.3. The Labute approximate surface area is 181 Å². The first kappa shape index (κ1) is 21.0. The van der Waals surface area contributed by atoms with Crippen LogP contribution in [0.2, 0.25) is 0 Å². The number of fused-ring (bicyclic) bond motifs is 3. The number of aromatic nitrogens is 4. The van der Waals surface area contributed by atoms with E-state index < -0.39 is 10.0 Å². The van der Waals surface area contributed by atoms with Gasteiger partial charge in [0.1, 0.15) is 11.6 Å². The van der Waals surface area contributed by atoms with Crippen LogP contribution in [0.5, 0.6) is 5.75 Å². The Bertz CT molecular complexity index is 1320. The zero-order chi connectivity index (χ0) is 22.0. The average molecular weight is 440 g/mol. The molecule has 2 heterocycles. The molecule has 0 bridgehead atoms. The van der Waals surface area contributed by atoms with Crippen molar-refractivity contribution in [3.05, 3.63) is 54.4 Å². The number of unbranched alkanes of at least 4 members (excludes halogenated alkanes) is 1. The van der Waals surface area contributed by atoms with Crippen molar-refractivity contribution < 1.29 is 13.2 Å². The quantitative estimate of drug-likeness (QED) is 0.414. The second-order valence-corrected chi connectivity index (χ2v) is 9.15. The van der Waals surface area contributed by atoms with Crippen molar-refractivity contribution in [2.45, 2.75) is 38.0 Å². The first-order valence-corrected chi connectivity index (χ1v) is 11.8. The summed E-state index contributed by atoms with van der Waals surface area (Å²) >= 11 is 0. The minimum Gasteiger partial charge on any atom is -0.494 e. The lowest BCUT2D eigenvalue weighted by atomic mass is 10.2. The Balaban J connectivity index is 1.85. The van der Waals surface area contributed by atoms with Crippen molar-refractivity contribution in [1.29, 1.82) is 0 Å². The van der Waals surface area contributed by atoms with Gasteiger partial charge in [-0.3, -0.25) is 4.40 Å². The third-order valence-electron chi connectivity index (χ3n) is 5.12. The Morgan fingerprint density at radius 1 is 1.03 bits per heavy atom. The molecule has 0 saturated heterocycles. The first-order valence-electron chi connectivity index (χ1n) is 10.3. The second-order valence-electron chi connectivity index (χ2n) is 7.18. The highest BCUT2D eigenvalue weighted by Crippen LogP contribution is 2.28. The van der Waals surface area contributed by atoms with Crippen molar-refractivity contribution in [2.75, 3.05) is 18.0 Å². The molecule has 0 aliphatic rings. The molecule has 0 fully saturated rings. The van der Waals surface area contributed by atoms with Crippen molar-refractivity contribution in [2.24, 2.45) is 0 Å². The summed E-state index contributed by atoms with van der Waals surface area (Å²) in [6.07, 6.45) is 2.74. The molecule has 9 heteroatoms. The van der Waals surface area contributed by atoms with E-state index in [1.165, 1.54) is 23.5 Å². The molecule has 4 aromatic rings. The highest BCUT2D eigenvalue weighted by atomic mass is 32.2. The summed E-state index contributed by atoms with van der Waals surface area (Å²) in [6, 6.07) is 14.0. The third kappa shape index (κ3) is 3.81. The number of aryl methyl sites for hydroxylation is 1. The molecule has 0 radical (unpaired) electrons. The lowest BCUT2D eigenvalue weighted by Crippen LogP contribution is -2.28. The predicted molar refractivity (Wildman–Crippen MR) is 120 cm³/mol. The first-order chi connectivity index (χ1) is 15.0. The van der Waals surface area contributed by atoms with E-state index in [-0.39, 0.29) is 10.7 Å². The van der Waals surface area contributed by atoms with Gasteiger partial charge in [0.2, 0.25) is 5.65 Å². The van der Waals surface area contributed by atoms with Crippen molar-refractivity contribution in [3.8, 4) is 5.75 Å². The maximum absolute atomic E-state index is 13.3. The largest absolute Gasteiger partial charge is 0.494 e. The van der Waals surface area contributed by atoms with Crippen LogP contribution >= 0.6 is 0 Å². The molecule has 0 unspecified atom stereocenters. The van der Waals surface area contributed by atoms with E-state index in [0.29, 0.717) is 23.5 Å². The minimum absolute atomic E-state index is 0.150. The lowest BCUT2D eigenvalue weighted by molar-refractivity contribution is 0.340. The Morgan fingerprint density at radius 3 is 2.48 bits per heavy atom. The van der Waals surface area contributed by atoms with Gasteiger partial charge in [-0.15, -0.1) is 10.2 Å². The number of hydrogen-bond donors (Lipinski definition) is 0. The Morgan fingerprint density at radius 2 is 1.77 bits per heavy atom. The summed E-state index contributed by atoms with van der Waals surface area (Å²) in [5.41, 5.74) is 1.95. The molecule has 2 aromatic heterocycles. The van der Waals surface area contributed by atoms with E-state index >= 15 is 0 Å². The monoisotopic (exact) mass is 439 g/mol. The molecule has 0 saturated carbocycles. The highest BCUT2D eigenvalue weighted by Gasteiger charge is 2.27. The van der Waals surface area contributed by atoms with Crippen molar-refractivity contribution >= 4 is 32.5 Å². The Hall–Kier alpha value is -3.20. The van der Waals surface area contributed by atoms with Gasteiger partial charge < -0.3 is 4.74 Å². The van der Waals surface area contributed by atoms with E-state index in [2.05, 4.69) is 22.1 Å². The number of benzene rings is 2. The molecule has 8 nitrogen and oxygen atoms in total. The molecule has 0 N–H and O–H groups in total. The van der Waals surface area contributed by atoms with E-state index in [1.54, 1.807) is 12.1 Å². The third-order valence-corrected chi connectivity index (χ3v) is 6.89. The summed E-state index contributed by atoms with van der Waals surface area (Å²) < 4.78 is 35.2. The summed E-state index contributed by atoms with van der Waals surface area (Å²) in [7, 11) is -2.37. The molecule has 0 aliphatic carbocycles. The standard InChI is InChI=1S/C22H25N5O3S/c1-4-6-11-20-24-25-22-21(23-18-9-7-8-10-19(18)27(20)22)26(3)31(28,29)17-14-12-16(13-15-17)30-5-2/h7-10,12-15H,4-6,11H2,1-3H3. The van der Waals surface area contributed by atoms with Gasteiger partial charge in [0.25, 0.3) is 10.0 Å². The molecule has 162 valence electrons. The van der Waals surface area contributed by atoms with Crippen LogP contribution < -0.4 is 9.04 Å². The average Bonchev–Trinajstić information content (AvgIpc) is 3.21. The summed E-state index contributed by atoms with van der Waals surface area (Å²) in [6.45, 7) is 4.51. The molecule has 2 aromatic carbocycles. The maximum Gasteiger partial charge on any atom is 0.265 e. The number of rotatable bonds is 8. The fourth-order valence-corrected chi connectivity index (χ4v) is 4.63. The smallest absolute Gasteiger partial charge is 0.265 e.